The van der Waals surface area contributed by atoms with Crippen LogP contribution < -0.4 is 5.73 Å². The first kappa shape index (κ1) is 17.3. The van der Waals surface area contributed by atoms with Crippen LogP contribution in [0, 0.1) is 0 Å². The Kier molecular flexibility index (Phi) is 6.80. The molecule has 0 radical (unpaired) electrons. The van der Waals surface area contributed by atoms with Crippen LogP contribution in [0.3, 0.4) is 0 Å². The molecule has 0 bridgehead atoms. The lowest BCUT2D eigenvalue weighted by molar-refractivity contribution is -0.133. The molecule has 0 spiro atoms. The molecule has 1 aromatic carbocycles. The second-order valence-electron chi connectivity index (χ2n) is 5.17. The van der Waals surface area contributed by atoms with E-state index in [9.17, 15) is 4.79 Å². The van der Waals surface area contributed by atoms with Gasteiger partial charge in [0.2, 0.25) is 5.91 Å². The summed E-state index contributed by atoms with van der Waals surface area (Å²) >= 11 is 5.90. The molecule has 5 heteroatoms. The van der Waals surface area contributed by atoms with Crippen molar-refractivity contribution in [2.45, 2.75) is 38.1 Å². The van der Waals surface area contributed by atoms with E-state index in [0.29, 0.717) is 12.3 Å². The maximum Gasteiger partial charge on any atom is 0.239 e. The van der Waals surface area contributed by atoms with E-state index in [1.807, 2.05) is 24.0 Å². The number of carbonyl (C=O) groups is 1. The van der Waals surface area contributed by atoms with Crippen molar-refractivity contribution in [2.24, 2.45) is 5.73 Å². The van der Waals surface area contributed by atoms with Gasteiger partial charge in [-0.15, -0.1) is 12.4 Å². The van der Waals surface area contributed by atoms with E-state index in [0.717, 1.165) is 31.0 Å². The Morgan fingerprint density at radius 3 is 2.40 bits per heavy atom. The fourth-order valence-electron chi connectivity index (χ4n) is 2.58. The highest BCUT2D eigenvalue weighted by molar-refractivity contribution is 6.30. The first-order chi connectivity index (χ1) is 9.11. The van der Waals surface area contributed by atoms with Gasteiger partial charge in [-0.2, -0.15) is 0 Å². The fourth-order valence-corrected chi connectivity index (χ4v) is 2.70. The van der Waals surface area contributed by atoms with Gasteiger partial charge in [0, 0.05) is 18.1 Å². The van der Waals surface area contributed by atoms with Crippen molar-refractivity contribution in [1.82, 2.24) is 4.90 Å². The second kappa shape index (κ2) is 7.87. The number of nitrogens with zero attached hydrogens (tertiary/aromatic N) is 1. The van der Waals surface area contributed by atoms with Crippen molar-refractivity contribution in [2.75, 3.05) is 13.1 Å². The van der Waals surface area contributed by atoms with E-state index >= 15 is 0 Å². The highest BCUT2D eigenvalue weighted by atomic mass is 35.5. The molecule has 1 atom stereocenters. The third kappa shape index (κ3) is 4.11. The Labute approximate surface area is 131 Å². The van der Waals surface area contributed by atoms with Crippen molar-refractivity contribution in [1.29, 1.82) is 0 Å². The van der Waals surface area contributed by atoms with Gasteiger partial charge in [-0.3, -0.25) is 4.79 Å². The molecule has 3 nitrogen and oxygen atoms in total. The number of halogens is 2. The summed E-state index contributed by atoms with van der Waals surface area (Å²) in [5.74, 6) is 0.622. The molecule has 1 aliphatic rings. The molecule has 2 rings (SSSR count). The summed E-state index contributed by atoms with van der Waals surface area (Å²) in [5, 5.41) is 0.769. The lowest BCUT2D eigenvalue weighted by atomic mass is 9.89. The van der Waals surface area contributed by atoms with E-state index in [-0.39, 0.29) is 24.4 Å². The highest BCUT2D eigenvalue weighted by Crippen LogP contribution is 2.29. The lowest BCUT2D eigenvalue weighted by Gasteiger charge is -2.33. The zero-order chi connectivity index (χ0) is 13.8. The summed E-state index contributed by atoms with van der Waals surface area (Å²) in [5.41, 5.74) is 7.12. The summed E-state index contributed by atoms with van der Waals surface area (Å²) in [4.78, 5) is 13.9. The van der Waals surface area contributed by atoms with Gasteiger partial charge in [-0.1, -0.05) is 30.7 Å². The van der Waals surface area contributed by atoms with Gasteiger partial charge in [-0.25, -0.2) is 0 Å². The molecule has 0 saturated carbocycles. The Bertz CT molecular complexity index is 428. The Morgan fingerprint density at radius 1 is 1.35 bits per heavy atom. The van der Waals surface area contributed by atoms with Gasteiger partial charge in [0.1, 0.15) is 0 Å². The molecule has 2 N–H and O–H groups in total. The van der Waals surface area contributed by atoms with E-state index in [1.165, 1.54) is 5.56 Å². The number of amides is 1. The largest absolute Gasteiger partial charge is 0.341 e. The van der Waals surface area contributed by atoms with Crippen LogP contribution in [0.2, 0.25) is 5.02 Å². The van der Waals surface area contributed by atoms with Gasteiger partial charge >= 0.3 is 0 Å². The molecule has 112 valence electrons. The monoisotopic (exact) mass is 316 g/mol. The molecule has 0 aliphatic carbocycles. The molecule has 0 aromatic heterocycles. The first-order valence-corrected chi connectivity index (χ1v) is 7.29. The molecule has 1 saturated heterocycles. The molecule has 1 heterocycles. The van der Waals surface area contributed by atoms with E-state index in [1.54, 1.807) is 0 Å². The number of piperidine rings is 1. The summed E-state index contributed by atoms with van der Waals surface area (Å²) in [6.07, 6.45) is 2.71. The quantitative estimate of drug-likeness (QED) is 0.930. The maximum absolute atomic E-state index is 12.0. The fraction of sp³-hybridized carbons (Fsp3) is 0.533. The van der Waals surface area contributed by atoms with Crippen molar-refractivity contribution in [3.8, 4) is 0 Å². The van der Waals surface area contributed by atoms with E-state index < -0.39 is 0 Å². The van der Waals surface area contributed by atoms with Crippen LogP contribution in [0.25, 0.3) is 0 Å². The molecule has 1 amide bonds. The van der Waals surface area contributed by atoms with Crippen LogP contribution in [-0.4, -0.2) is 29.9 Å². The average Bonchev–Trinajstić information content (AvgIpc) is 2.46. The van der Waals surface area contributed by atoms with Crippen molar-refractivity contribution in [3.05, 3.63) is 34.9 Å². The summed E-state index contributed by atoms with van der Waals surface area (Å²) in [7, 11) is 0. The zero-order valence-electron chi connectivity index (χ0n) is 11.7. The van der Waals surface area contributed by atoms with Gasteiger partial charge in [-0.05, 0) is 42.9 Å². The van der Waals surface area contributed by atoms with Crippen LogP contribution in [-0.2, 0) is 4.79 Å². The van der Waals surface area contributed by atoms with Crippen molar-refractivity contribution >= 4 is 29.9 Å². The second-order valence-corrected chi connectivity index (χ2v) is 5.60. The number of rotatable bonds is 3. The predicted octanol–water partition coefficient (Wildman–Crippen LogP) is 3.21. The summed E-state index contributed by atoms with van der Waals surface area (Å²) in [6.45, 7) is 3.56. The molecular formula is C15H22Cl2N2O. The molecule has 1 aliphatic heterocycles. The molecule has 1 fully saturated rings. The maximum atomic E-state index is 12.0. The van der Waals surface area contributed by atoms with E-state index in [2.05, 4.69) is 12.1 Å². The number of nitrogens with two attached hydrogens (primary N) is 1. The highest BCUT2D eigenvalue weighted by Gasteiger charge is 2.26. The minimum Gasteiger partial charge on any atom is -0.341 e. The standard InChI is InChI=1S/C15H21ClN2O.ClH/c1-2-14(17)15(19)18-9-7-12(8-10-18)11-3-5-13(16)6-4-11;/h3-6,12,14H,2,7-10,17H2,1H3;1H. The van der Waals surface area contributed by atoms with Crippen LogP contribution in [0.1, 0.15) is 37.7 Å². The van der Waals surface area contributed by atoms with Crippen molar-refractivity contribution in [3.63, 3.8) is 0 Å². The zero-order valence-corrected chi connectivity index (χ0v) is 13.3. The topological polar surface area (TPSA) is 46.3 Å². The van der Waals surface area contributed by atoms with Crippen LogP contribution >= 0.6 is 24.0 Å². The molecule has 20 heavy (non-hydrogen) atoms. The number of hydrogen-bond acceptors (Lipinski definition) is 2. The third-order valence-corrected chi connectivity index (χ3v) is 4.16. The summed E-state index contributed by atoms with van der Waals surface area (Å²) < 4.78 is 0. The first-order valence-electron chi connectivity index (χ1n) is 6.91. The normalized spacial score (nSPS) is 17.4. The summed E-state index contributed by atoms with van der Waals surface area (Å²) in [6, 6.07) is 7.69. The number of likely N-dealkylation sites (tertiary alicyclic amines) is 1. The van der Waals surface area contributed by atoms with Crippen LogP contribution in [0.15, 0.2) is 24.3 Å². The molecule has 1 aromatic rings. The van der Waals surface area contributed by atoms with Gasteiger partial charge in [0.25, 0.3) is 0 Å². The number of benzene rings is 1. The average molecular weight is 317 g/mol. The van der Waals surface area contributed by atoms with Gasteiger partial charge in [0.05, 0.1) is 6.04 Å². The number of hydrogen-bond donors (Lipinski definition) is 1. The molecule has 1 unspecified atom stereocenters. The van der Waals surface area contributed by atoms with E-state index in [4.69, 9.17) is 17.3 Å². The minimum atomic E-state index is -0.341. The Hall–Kier alpha value is -0.770. The van der Waals surface area contributed by atoms with Crippen LogP contribution in [0.5, 0.6) is 0 Å². The smallest absolute Gasteiger partial charge is 0.239 e. The Morgan fingerprint density at radius 2 is 1.90 bits per heavy atom. The van der Waals surface area contributed by atoms with Gasteiger partial charge < -0.3 is 10.6 Å². The predicted molar refractivity (Wildman–Crippen MR) is 85.5 cm³/mol. The third-order valence-electron chi connectivity index (χ3n) is 3.91. The van der Waals surface area contributed by atoms with Crippen molar-refractivity contribution < 1.29 is 4.79 Å². The van der Waals surface area contributed by atoms with Gasteiger partial charge in [0.15, 0.2) is 0 Å². The lowest BCUT2D eigenvalue weighted by Crippen LogP contribution is -2.46. The molecular weight excluding hydrogens is 295 g/mol. The Balaban J connectivity index is 0.00000200. The SMILES string of the molecule is CCC(N)C(=O)N1CCC(c2ccc(Cl)cc2)CC1.Cl. The minimum absolute atomic E-state index is 0. The van der Waals surface area contributed by atoms with Crippen LogP contribution in [0.4, 0.5) is 0 Å². The number of carbonyl (C=O) groups excluding carboxylic acids is 1.